The summed E-state index contributed by atoms with van der Waals surface area (Å²) in [5.74, 6) is 0.479. The topological polar surface area (TPSA) is 83.1 Å². The Labute approximate surface area is 178 Å². The number of H-pyrrole nitrogens is 1. The molecule has 0 radical (unpaired) electrons. The Morgan fingerprint density at radius 2 is 2.11 bits per heavy atom. The van der Waals surface area contributed by atoms with E-state index in [1.807, 2.05) is 24.3 Å². The van der Waals surface area contributed by atoms with Crippen molar-refractivity contribution in [2.75, 3.05) is 23.8 Å². The monoisotopic (exact) mass is 485 g/mol. The number of thioether (sulfide) groups is 1. The fraction of sp³-hybridized carbons (Fsp3) is 0.474. The maximum atomic E-state index is 12.8. The Morgan fingerprint density at radius 3 is 2.75 bits per heavy atom. The number of nitrogens with one attached hydrogen (secondary N) is 1. The summed E-state index contributed by atoms with van der Waals surface area (Å²) in [6.45, 7) is 2.67. The van der Waals surface area contributed by atoms with Crippen LogP contribution in [0.2, 0.25) is 0 Å². The van der Waals surface area contributed by atoms with Crippen LogP contribution >= 0.6 is 27.7 Å². The molecule has 1 aromatic heterocycles. The minimum Gasteiger partial charge on any atom is -0.338 e. The molecule has 0 bridgehead atoms. The summed E-state index contributed by atoms with van der Waals surface area (Å²) < 4.78 is 24.6. The van der Waals surface area contributed by atoms with Gasteiger partial charge in [-0.2, -0.15) is 0 Å². The lowest BCUT2D eigenvalue weighted by Crippen LogP contribution is -2.42. The number of benzene rings is 1. The van der Waals surface area contributed by atoms with Gasteiger partial charge in [-0.05, 0) is 30.5 Å². The van der Waals surface area contributed by atoms with Gasteiger partial charge in [0.2, 0.25) is 5.91 Å². The molecule has 2 aromatic rings. The van der Waals surface area contributed by atoms with Gasteiger partial charge in [0.05, 0.1) is 29.1 Å². The summed E-state index contributed by atoms with van der Waals surface area (Å²) in [5.41, 5.74) is 1.92. The molecule has 1 fully saturated rings. The van der Waals surface area contributed by atoms with Crippen molar-refractivity contribution in [2.24, 2.45) is 0 Å². The van der Waals surface area contributed by atoms with Gasteiger partial charge in [-0.3, -0.25) is 4.79 Å². The highest BCUT2D eigenvalue weighted by Gasteiger charge is 2.34. The average molecular weight is 486 g/mol. The fourth-order valence-corrected chi connectivity index (χ4v) is 5.96. The van der Waals surface area contributed by atoms with Gasteiger partial charge >= 0.3 is 0 Å². The average Bonchev–Trinajstić information content (AvgIpc) is 3.27. The van der Waals surface area contributed by atoms with E-state index in [0.29, 0.717) is 18.1 Å². The standard InChI is InChI=1S/C19H24BrN3O3S2/c1-2-3-9-23(16-8-10-28(25,26)13-16)18(24)12-27-19-21-11-17(22-19)14-4-6-15(20)7-5-14/h4-7,11,16H,2-3,8-10,12-13H2,1H3,(H,21,22)/t16-/m1/s1. The molecule has 1 amide bonds. The molecule has 3 rings (SSSR count). The van der Waals surface area contributed by atoms with E-state index in [9.17, 15) is 13.2 Å². The minimum absolute atomic E-state index is 0.0258. The molecule has 152 valence electrons. The number of rotatable bonds is 8. The largest absolute Gasteiger partial charge is 0.338 e. The smallest absolute Gasteiger partial charge is 0.233 e. The molecule has 1 N–H and O–H groups in total. The Morgan fingerprint density at radius 1 is 1.36 bits per heavy atom. The van der Waals surface area contributed by atoms with Crippen LogP contribution in [0.1, 0.15) is 26.2 Å². The number of imidazole rings is 1. The molecule has 9 heteroatoms. The summed E-state index contributed by atoms with van der Waals surface area (Å²) in [6, 6.07) is 7.72. The summed E-state index contributed by atoms with van der Waals surface area (Å²) in [7, 11) is -3.02. The second kappa shape index (κ2) is 9.45. The quantitative estimate of drug-likeness (QED) is 0.575. The fourth-order valence-electron chi connectivity index (χ4n) is 3.23. The number of halogens is 1. The summed E-state index contributed by atoms with van der Waals surface area (Å²) >= 11 is 4.77. The molecule has 0 spiro atoms. The second-order valence-corrected chi connectivity index (χ2v) is 11.0. The van der Waals surface area contributed by atoms with Crippen molar-refractivity contribution in [1.29, 1.82) is 0 Å². The van der Waals surface area contributed by atoms with E-state index in [4.69, 9.17) is 0 Å². The first kappa shape index (κ1) is 21.4. The maximum absolute atomic E-state index is 12.8. The van der Waals surface area contributed by atoms with Crippen LogP contribution in [0.25, 0.3) is 11.3 Å². The van der Waals surface area contributed by atoms with E-state index < -0.39 is 9.84 Å². The van der Waals surface area contributed by atoms with E-state index in [2.05, 4.69) is 32.8 Å². The SMILES string of the molecule is CCCCN(C(=O)CSc1ncc(-c2ccc(Br)cc2)[nH]1)[C@@H]1CCS(=O)(=O)C1. The Hall–Kier alpha value is -1.32. The van der Waals surface area contributed by atoms with Crippen LogP contribution in [0.3, 0.4) is 0 Å². The van der Waals surface area contributed by atoms with Crippen LogP contribution in [-0.4, -0.2) is 59.0 Å². The highest BCUT2D eigenvalue weighted by molar-refractivity contribution is 9.10. The second-order valence-electron chi connectivity index (χ2n) is 6.90. The van der Waals surface area contributed by atoms with Crippen LogP contribution in [0, 0.1) is 0 Å². The molecule has 2 heterocycles. The molecule has 1 aliphatic heterocycles. The minimum atomic E-state index is -3.02. The van der Waals surface area contributed by atoms with Crippen molar-refractivity contribution in [2.45, 2.75) is 37.4 Å². The Kier molecular flexibility index (Phi) is 7.22. The first-order valence-corrected chi connectivity index (χ1v) is 12.9. The number of amides is 1. The summed E-state index contributed by atoms with van der Waals surface area (Å²) in [5, 5.41) is 0.681. The van der Waals surface area contributed by atoms with Crippen molar-refractivity contribution < 1.29 is 13.2 Å². The van der Waals surface area contributed by atoms with E-state index in [1.165, 1.54) is 11.8 Å². The van der Waals surface area contributed by atoms with E-state index >= 15 is 0 Å². The number of sulfone groups is 1. The predicted octanol–water partition coefficient (Wildman–Crippen LogP) is 3.75. The molecular formula is C19H24BrN3O3S2. The Balaban J connectivity index is 1.62. The van der Waals surface area contributed by atoms with Gasteiger partial charge in [0.25, 0.3) is 0 Å². The number of aromatic amines is 1. The molecule has 1 aromatic carbocycles. The van der Waals surface area contributed by atoms with Crippen LogP contribution < -0.4 is 0 Å². The molecular weight excluding hydrogens is 462 g/mol. The van der Waals surface area contributed by atoms with Gasteiger partial charge in [-0.25, -0.2) is 13.4 Å². The highest BCUT2D eigenvalue weighted by Crippen LogP contribution is 2.24. The lowest BCUT2D eigenvalue weighted by Gasteiger charge is -2.28. The van der Waals surface area contributed by atoms with Gasteiger partial charge in [0, 0.05) is 17.1 Å². The van der Waals surface area contributed by atoms with Gasteiger partial charge in [0.1, 0.15) is 0 Å². The molecule has 0 saturated carbocycles. The number of nitrogens with zero attached hydrogens (tertiary/aromatic N) is 2. The van der Waals surface area contributed by atoms with Crippen molar-refractivity contribution in [1.82, 2.24) is 14.9 Å². The normalized spacial score (nSPS) is 18.3. The third-order valence-electron chi connectivity index (χ3n) is 4.76. The Bertz CT molecular complexity index is 913. The van der Waals surface area contributed by atoms with Gasteiger partial charge in [-0.1, -0.05) is 53.2 Å². The molecule has 1 atom stereocenters. The number of hydrogen-bond donors (Lipinski definition) is 1. The highest BCUT2D eigenvalue weighted by atomic mass is 79.9. The van der Waals surface area contributed by atoms with Crippen LogP contribution in [0.15, 0.2) is 40.1 Å². The first-order chi connectivity index (χ1) is 13.4. The summed E-state index contributed by atoms with van der Waals surface area (Å²) in [4.78, 5) is 22.2. The number of hydrogen-bond acceptors (Lipinski definition) is 5. The molecule has 1 aliphatic rings. The third kappa shape index (κ3) is 5.61. The van der Waals surface area contributed by atoms with E-state index in [-0.39, 0.29) is 29.2 Å². The van der Waals surface area contributed by atoms with Crippen LogP contribution in [0.5, 0.6) is 0 Å². The van der Waals surface area contributed by atoms with E-state index in [1.54, 1.807) is 11.1 Å². The number of carbonyl (C=O) groups excluding carboxylic acids is 1. The van der Waals surface area contributed by atoms with Crippen LogP contribution in [0.4, 0.5) is 0 Å². The zero-order chi connectivity index (χ0) is 20.1. The van der Waals surface area contributed by atoms with Crippen molar-refractivity contribution in [3.8, 4) is 11.3 Å². The van der Waals surface area contributed by atoms with Gasteiger partial charge < -0.3 is 9.88 Å². The molecule has 1 saturated heterocycles. The number of unbranched alkanes of at least 4 members (excludes halogenated alkanes) is 1. The molecule has 28 heavy (non-hydrogen) atoms. The number of aromatic nitrogens is 2. The van der Waals surface area contributed by atoms with Gasteiger partial charge in [-0.15, -0.1) is 0 Å². The molecule has 6 nitrogen and oxygen atoms in total. The third-order valence-corrected chi connectivity index (χ3v) is 7.91. The number of carbonyl (C=O) groups is 1. The lowest BCUT2D eigenvalue weighted by atomic mass is 10.2. The predicted molar refractivity (Wildman–Crippen MR) is 116 cm³/mol. The molecule has 0 unspecified atom stereocenters. The van der Waals surface area contributed by atoms with E-state index in [0.717, 1.165) is 28.6 Å². The summed E-state index contributed by atoms with van der Waals surface area (Å²) in [6.07, 6.45) is 4.14. The zero-order valence-electron chi connectivity index (χ0n) is 15.7. The maximum Gasteiger partial charge on any atom is 0.233 e. The van der Waals surface area contributed by atoms with Crippen molar-refractivity contribution in [3.63, 3.8) is 0 Å². The van der Waals surface area contributed by atoms with Gasteiger partial charge in [0.15, 0.2) is 15.0 Å². The zero-order valence-corrected chi connectivity index (χ0v) is 18.9. The van der Waals surface area contributed by atoms with Crippen LogP contribution in [-0.2, 0) is 14.6 Å². The lowest BCUT2D eigenvalue weighted by molar-refractivity contribution is -0.130. The molecule has 0 aliphatic carbocycles. The van der Waals surface area contributed by atoms with Crippen molar-refractivity contribution >= 4 is 43.4 Å². The van der Waals surface area contributed by atoms with Crippen molar-refractivity contribution in [3.05, 3.63) is 34.9 Å². The first-order valence-electron chi connectivity index (χ1n) is 9.31.